The first-order valence-electron chi connectivity index (χ1n) is 11.8. The standard InChI is InChI=1S/C23H37N3O11/c1-23(2,3)37-22(32)25-16-17(26-18(27)4-5-19(26)28)21(31)24-7-9-34-11-13-36-15-14-35-12-10-33-8-6-20(29)30/h4-5,17H,6-16H2,1-3H3,(H,24,31)(H,25,32)(H,29,30)/t17-/m0/s1. The second kappa shape index (κ2) is 17.4. The number of hydrogen-bond donors (Lipinski definition) is 3. The zero-order chi connectivity index (χ0) is 27.7. The van der Waals surface area contributed by atoms with Gasteiger partial charge in [0.05, 0.1) is 65.8 Å². The minimum absolute atomic E-state index is 0.0477. The van der Waals surface area contributed by atoms with Crippen molar-refractivity contribution in [1.29, 1.82) is 0 Å². The molecule has 210 valence electrons. The Morgan fingerprint density at radius 1 is 0.838 bits per heavy atom. The van der Waals surface area contributed by atoms with Crippen LogP contribution in [0.2, 0.25) is 0 Å². The second-order valence-electron chi connectivity index (χ2n) is 8.66. The molecule has 4 amide bonds. The molecule has 0 unspecified atom stereocenters. The van der Waals surface area contributed by atoms with Crippen LogP contribution < -0.4 is 10.6 Å². The van der Waals surface area contributed by atoms with Crippen molar-refractivity contribution in [3.63, 3.8) is 0 Å². The summed E-state index contributed by atoms with van der Waals surface area (Å²) in [6.07, 6.45) is 1.28. The average Bonchev–Trinajstić information content (AvgIpc) is 3.13. The minimum Gasteiger partial charge on any atom is -0.481 e. The number of nitrogens with one attached hydrogen (secondary N) is 2. The topological polar surface area (TPSA) is 179 Å². The van der Waals surface area contributed by atoms with Crippen molar-refractivity contribution in [3.05, 3.63) is 12.2 Å². The predicted octanol–water partition coefficient (Wildman–Crippen LogP) is -0.538. The van der Waals surface area contributed by atoms with Crippen LogP contribution in [0.25, 0.3) is 0 Å². The zero-order valence-electron chi connectivity index (χ0n) is 21.5. The van der Waals surface area contributed by atoms with Crippen molar-refractivity contribution in [2.24, 2.45) is 0 Å². The van der Waals surface area contributed by atoms with Gasteiger partial charge in [0, 0.05) is 18.7 Å². The van der Waals surface area contributed by atoms with Crippen LogP contribution in [0.5, 0.6) is 0 Å². The number of carbonyl (C=O) groups is 5. The van der Waals surface area contributed by atoms with Gasteiger partial charge in [-0.15, -0.1) is 0 Å². The number of amides is 4. The molecule has 1 rings (SSSR count). The number of carbonyl (C=O) groups excluding carboxylic acids is 4. The molecule has 0 saturated carbocycles. The fourth-order valence-corrected chi connectivity index (χ4v) is 2.80. The lowest BCUT2D eigenvalue weighted by Gasteiger charge is -2.26. The van der Waals surface area contributed by atoms with Crippen molar-refractivity contribution in [3.8, 4) is 0 Å². The maximum absolute atomic E-state index is 12.7. The van der Waals surface area contributed by atoms with Crippen LogP contribution in [0.3, 0.4) is 0 Å². The van der Waals surface area contributed by atoms with Crippen molar-refractivity contribution in [2.75, 3.05) is 65.9 Å². The Morgan fingerprint density at radius 3 is 1.81 bits per heavy atom. The summed E-state index contributed by atoms with van der Waals surface area (Å²) < 4.78 is 26.2. The average molecular weight is 532 g/mol. The Labute approximate surface area is 215 Å². The molecule has 1 atom stereocenters. The molecule has 1 aliphatic rings. The number of nitrogens with zero attached hydrogens (tertiary/aromatic N) is 1. The number of aliphatic carboxylic acids is 1. The third kappa shape index (κ3) is 14.9. The van der Waals surface area contributed by atoms with Crippen LogP contribution in [0, 0.1) is 0 Å². The van der Waals surface area contributed by atoms with E-state index in [1.165, 1.54) is 0 Å². The van der Waals surface area contributed by atoms with Crippen LogP contribution in [0.4, 0.5) is 4.79 Å². The van der Waals surface area contributed by atoms with Crippen LogP contribution >= 0.6 is 0 Å². The van der Waals surface area contributed by atoms with Gasteiger partial charge in [0.15, 0.2) is 0 Å². The van der Waals surface area contributed by atoms with Gasteiger partial charge in [-0.3, -0.25) is 24.1 Å². The summed E-state index contributed by atoms with van der Waals surface area (Å²) in [6, 6.07) is -1.26. The minimum atomic E-state index is -1.26. The predicted molar refractivity (Wildman–Crippen MR) is 128 cm³/mol. The van der Waals surface area contributed by atoms with E-state index in [4.69, 9.17) is 28.8 Å². The van der Waals surface area contributed by atoms with Gasteiger partial charge >= 0.3 is 12.1 Å². The van der Waals surface area contributed by atoms with Crippen LogP contribution in [-0.2, 0) is 42.9 Å². The highest BCUT2D eigenvalue weighted by Crippen LogP contribution is 2.10. The first kappa shape index (κ1) is 32.0. The zero-order valence-corrected chi connectivity index (χ0v) is 21.5. The maximum Gasteiger partial charge on any atom is 0.407 e. The van der Waals surface area contributed by atoms with Gasteiger partial charge in [0.2, 0.25) is 5.91 Å². The van der Waals surface area contributed by atoms with E-state index < -0.39 is 41.4 Å². The summed E-state index contributed by atoms with van der Waals surface area (Å²) in [5, 5.41) is 13.5. The first-order valence-corrected chi connectivity index (χ1v) is 11.8. The summed E-state index contributed by atoms with van der Waals surface area (Å²) in [6.45, 7) is 7.02. The molecule has 0 radical (unpaired) electrons. The molecule has 0 fully saturated rings. The molecule has 0 saturated heterocycles. The third-order valence-electron chi connectivity index (χ3n) is 4.42. The monoisotopic (exact) mass is 531 g/mol. The quantitative estimate of drug-likeness (QED) is 0.144. The molecule has 0 aromatic heterocycles. The lowest BCUT2D eigenvalue weighted by molar-refractivity contribution is -0.145. The molecule has 0 aromatic rings. The Bertz CT molecular complexity index is 777. The van der Waals surface area contributed by atoms with Gasteiger partial charge in [-0.25, -0.2) is 4.79 Å². The largest absolute Gasteiger partial charge is 0.481 e. The van der Waals surface area contributed by atoms with Crippen LogP contribution in [-0.4, -0.2) is 117 Å². The number of hydrogen-bond acceptors (Lipinski definition) is 10. The van der Waals surface area contributed by atoms with Gasteiger partial charge in [0.1, 0.15) is 11.6 Å². The van der Waals surface area contributed by atoms with Gasteiger partial charge < -0.3 is 39.4 Å². The number of imide groups is 1. The molecule has 0 aromatic carbocycles. The van der Waals surface area contributed by atoms with E-state index in [-0.39, 0.29) is 39.3 Å². The first-order chi connectivity index (χ1) is 17.5. The summed E-state index contributed by atoms with van der Waals surface area (Å²) in [4.78, 5) is 59.8. The second-order valence-corrected chi connectivity index (χ2v) is 8.66. The summed E-state index contributed by atoms with van der Waals surface area (Å²) in [7, 11) is 0. The van der Waals surface area contributed by atoms with Crippen LogP contribution in [0.1, 0.15) is 27.2 Å². The fraction of sp³-hybridized carbons (Fsp3) is 0.696. The Kier molecular flexibility index (Phi) is 15.0. The highest BCUT2D eigenvalue weighted by molar-refractivity contribution is 6.15. The molecule has 0 spiro atoms. The summed E-state index contributed by atoms with van der Waals surface area (Å²) in [5.74, 6) is -2.85. The number of alkyl carbamates (subject to hydrolysis) is 1. The summed E-state index contributed by atoms with van der Waals surface area (Å²) >= 11 is 0. The number of rotatable bonds is 19. The maximum atomic E-state index is 12.7. The number of carboxylic acids is 1. The molecule has 14 nitrogen and oxygen atoms in total. The lowest BCUT2D eigenvalue weighted by Crippen LogP contribution is -2.55. The van der Waals surface area contributed by atoms with E-state index in [1.54, 1.807) is 20.8 Å². The number of ether oxygens (including phenoxy) is 5. The highest BCUT2D eigenvalue weighted by Gasteiger charge is 2.36. The smallest absolute Gasteiger partial charge is 0.407 e. The molecule has 14 heteroatoms. The molecule has 37 heavy (non-hydrogen) atoms. The lowest BCUT2D eigenvalue weighted by atomic mass is 10.2. The van der Waals surface area contributed by atoms with E-state index in [9.17, 15) is 24.0 Å². The van der Waals surface area contributed by atoms with Crippen molar-refractivity contribution in [1.82, 2.24) is 15.5 Å². The van der Waals surface area contributed by atoms with E-state index >= 15 is 0 Å². The third-order valence-corrected chi connectivity index (χ3v) is 4.42. The fourth-order valence-electron chi connectivity index (χ4n) is 2.80. The van der Waals surface area contributed by atoms with Gasteiger partial charge in [0.25, 0.3) is 11.8 Å². The van der Waals surface area contributed by atoms with Crippen molar-refractivity contribution >= 4 is 29.8 Å². The van der Waals surface area contributed by atoms with Crippen molar-refractivity contribution < 1.29 is 52.8 Å². The van der Waals surface area contributed by atoms with E-state index in [2.05, 4.69) is 10.6 Å². The molecule has 1 heterocycles. The Balaban J connectivity index is 2.21. The van der Waals surface area contributed by atoms with Gasteiger partial charge in [-0.1, -0.05) is 0 Å². The molecule has 1 aliphatic heterocycles. The molecule has 0 bridgehead atoms. The molecular formula is C23H37N3O11. The SMILES string of the molecule is CC(C)(C)OC(=O)NC[C@@H](C(=O)NCCOCCOCCOCCOCCC(=O)O)N1C(=O)C=CC1=O. The van der Waals surface area contributed by atoms with Crippen LogP contribution in [0.15, 0.2) is 12.2 Å². The normalized spacial score (nSPS) is 14.1. The van der Waals surface area contributed by atoms with E-state index in [0.717, 1.165) is 17.1 Å². The van der Waals surface area contributed by atoms with E-state index in [0.29, 0.717) is 33.0 Å². The molecular weight excluding hydrogens is 494 g/mol. The molecule has 0 aliphatic carbocycles. The Hall–Kier alpha value is -3.07. The summed E-state index contributed by atoms with van der Waals surface area (Å²) in [5.41, 5.74) is -0.754. The highest BCUT2D eigenvalue weighted by atomic mass is 16.6. The van der Waals surface area contributed by atoms with Gasteiger partial charge in [-0.2, -0.15) is 0 Å². The number of carboxylic acid groups (broad SMARTS) is 1. The van der Waals surface area contributed by atoms with Gasteiger partial charge in [-0.05, 0) is 20.8 Å². The molecule has 3 N–H and O–H groups in total. The van der Waals surface area contributed by atoms with Crippen molar-refractivity contribution in [2.45, 2.75) is 38.8 Å². The Morgan fingerprint density at radius 2 is 1.32 bits per heavy atom. The van der Waals surface area contributed by atoms with E-state index in [1.807, 2.05) is 0 Å².